The van der Waals surface area contributed by atoms with Crippen molar-refractivity contribution in [3.63, 3.8) is 0 Å². The molecule has 6 heteroatoms. The fourth-order valence-electron chi connectivity index (χ4n) is 1.97. The van der Waals surface area contributed by atoms with E-state index in [0.717, 1.165) is 18.6 Å². The molecule has 1 atom stereocenters. The number of esters is 1. The topological polar surface area (TPSA) is 68.5 Å². The summed E-state index contributed by atoms with van der Waals surface area (Å²) in [6, 6.07) is 3.20. The average Bonchev–Trinajstić information content (AvgIpc) is 3.09. The predicted molar refractivity (Wildman–Crippen MR) is 98.0 cm³/mol. The smallest absolute Gasteiger partial charge is 0.323 e. The summed E-state index contributed by atoms with van der Waals surface area (Å²) in [6.45, 7) is 2.96. The van der Waals surface area contributed by atoms with Crippen LogP contribution in [0.15, 0.2) is 28.9 Å². The van der Waals surface area contributed by atoms with E-state index in [-0.39, 0.29) is 17.8 Å². The molecule has 1 aromatic rings. The molecule has 0 spiro atoms. The maximum atomic E-state index is 12.1. The highest BCUT2D eigenvalue weighted by molar-refractivity contribution is 7.98. The molecule has 134 valence electrons. The minimum atomic E-state index is -0.351. The number of hydrogen-bond donors (Lipinski definition) is 1. The van der Waals surface area contributed by atoms with Crippen LogP contribution in [0.25, 0.3) is 6.08 Å². The Hall–Kier alpha value is -1.53. The summed E-state index contributed by atoms with van der Waals surface area (Å²) >= 11 is 1.69. The standard InChI is InChI=1S/C18H27NO4S/c1-3-4-12-23-18(21)17(10-14-24-2)19-11-9-15(20)7-8-16-6-5-13-22-16/h5-8,13,17,19H,3-4,9-12,14H2,1-2H3/t17-/m0/s1. The normalized spacial score (nSPS) is 12.4. The Bertz CT molecular complexity index is 499. The highest BCUT2D eigenvalue weighted by Gasteiger charge is 2.18. The molecule has 0 saturated heterocycles. The zero-order valence-electron chi connectivity index (χ0n) is 14.5. The number of ketones is 1. The second kappa shape index (κ2) is 12.8. The Morgan fingerprint density at radius 2 is 2.29 bits per heavy atom. The van der Waals surface area contributed by atoms with Crippen LogP contribution in [-0.2, 0) is 14.3 Å². The largest absolute Gasteiger partial charge is 0.465 e. The molecule has 0 radical (unpaired) electrons. The van der Waals surface area contributed by atoms with Gasteiger partial charge >= 0.3 is 5.97 Å². The molecule has 0 unspecified atom stereocenters. The molecule has 0 aliphatic rings. The van der Waals surface area contributed by atoms with E-state index >= 15 is 0 Å². The van der Waals surface area contributed by atoms with E-state index in [2.05, 4.69) is 12.2 Å². The molecule has 1 N–H and O–H groups in total. The van der Waals surface area contributed by atoms with Crippen molar-refractivity contribution < 1.29 is 18.7 Å². The minimum Gasteiger partial charge on any atom is -0.465 e. The van der Waals surface area contributed by atoms with Crippen molar-refractivity contribution in [1.82, 2.24) is 5.32 Å². The second-order valence-corrected chi connectivity index (χ2v) is 6.36. The summed E-state index contributed by atoms with van der Waals surface area (Å²) in [5, 5.41) is 3.14. The van der Waals surface area contributed by atoms with Gasteiger partial charge in [0.2, 0.25) is 0 Å². The Balaban J connectivity index is 2.34. The Kier molecular flexibility index (Phi) is 11.0. The van der Waals surface area contributed by atoms with Gasteiger partial charge in [0, 0.05) is 13.0 Å². The van der Waals surface area contributed by atoms with Gasteiger partial charge in [-0.25, -0.2) is 0 Å². The van der Waals surface area contributed by atoms with Gasteiger partial charge in [0.25, 0.3) is 0 Å². The number of ether oxygens (including phenoxy) is 1. The van der Waals surface area contributed by atoms with Gasteiger partial charge in [-0.2, -0.15) is 11.8 Å². The van der Waals surface area contributed by atoms with Crippen LogP contribution < -0.4 is 5.32 Å². The van der Waals surface area contributed by atoms with E-state index in [9.17, 15) is 9.59 Å². The van der Waals surface area contributed by atoms with Crippen molar-refractivity contribution >= 4 is 29.6 Å². The lowest BCUT2D eigenvalue weighted by molar-refractivity contribution is -0.146. The molecular formula is C18H27NO4S. The quantitative estimate of drug-likeness (QED) is 0.333. The van der Waals surface area contributed by atoms with Crippen LogP contribution in [0, 0.1) is 0 Å². The van der Waals surface area contributed by atoms with E-state index in [1.54, 1.807) is 36.2 Å². The summed E-state index contributed by atoms with van der Waals surface area (Å²) in [6.07, 6.45) is 9.60. The van der Waals surface area contributed by atoms with Crippen LogP contribution in [0.1, 0.15) is 38.4 Å². The molecule has 1 aromatic heterocycles. The summed E-state index contributed by atoms with van der Waals surface area (Å²) in [5.41, 5.74) is 0. The van der Waals surface area contributed by atoms with E-state index < -0.39 is 0 Å². The molecule has 0 aromatic carbocycles. The summed E-state index contributed by atoms with van der Waals surface area (Å²) in [7, 11) is 0. The number of furan rings is 1. The van der Waals surface area contributed by atoms with Crippen molar-refractivity contribution in [2.24, 2.45) is 0 Å². The molecule has 0 aliphatic carbocycles. The zero-order valence-corrected chi connectivity index (χ0v) is 15.3. The SMILES string of the molecule is CCCCOC(=O)[C@H](CCSC)NCCC(=O)C=Cc1ccco1. The van der Waals surface area contributed by atoms with Gasteiger partial charge in [0.1, 0.15) is 11.8 Å². The Morgan fingerprint density at radius 1 is 1.46 bits per heavy atom. The van der Waals surface area contributed by atoms with Crippen LogP contribution in [0.2, 0.25) is 0 Å². The first kappa shape index (κ1) is 20.5. The third kappa shape index (κ3) is 8.93. The maximum absolute atomic E-state index is 12.1. The van der Waals surface area contributed by atoms with Crippen LogP contribution >= 0.6 is 11.8 Å². The van der Waals surface area contributed by atoms with Gasteiger partial charge in [-0.05, 0) is 49.1 Å². The van der Waals surface area contributed by atoms with Crippen LogP contribution in [-0.4, -0.2) is 43.0 Å². The van der Waals surface area contributed by atoms with E-state index in [1.165, 1.54) is 6.08 Å². The van der Waals surface area contributed by atoms with Crippen molar-refractivity contribution in [2.45, 2.75) is 38.6 Å². The fraction of sp³-hybridized carbons (Fsp3) is 0.556. The minimum absolute atomic E-state index is 0.0122. The van der Waals surface area contributed by atoms with Crippen molar-refractivity contribution in [2.75, 3.05) is 25.2 Å². The molecule has 1 heterocycles. The molecule has 0 bridgehead atoms. The van der Waals surface area contributed by atoms with Gasteiger partial charge in [-0.3, -0.25) is 9.59 Å². The molecule has 0 saturated carbocycles. The van der Waals surface area contributed by atoms with Gasteiger partial charge in [-0.1, -0.05) is 13.3 Å². The summed E-state index contributed by atoms with van der Waals surface area (Å²) < 4.78 is 10.4. The number of hydrogen-bond acceptors (Lipinski definition) is 6. The second-order valence-electron chi connectivity index (χ2n) is 5.37. The van der Waals surface area contributed by atoms with Gasteiger partial charge in [0.15, 0.2) is 5.78 Å². The van der Waals surface area contributed by atoms with Crippen molar-refractivity contribution in [3.8, 4) is 0 Å². The fourth-order valence-corrected chi connectivity index (χ4v) is 2.44. The van der Waals surface area contributed by atoms with E-state index in [4.69, 9.17) is 9.15 Å². The lowest BCUT2D eigenvalue weighted by atomic mass is 10.2. The van der Waals surface area contributed by atoms with Gasteiger partial charge < -0.3 is 14.5 Å². The Labute approximate surface area is 148 Å². The predicted octanol–water partition coefficient (Wildman–Crippen LogP) is 3.31. The first-order chi connectivity index (χ1) is 11.7. The van der Waals surface area contributed by atoms with Crippen LogP contribution in [0.4, 0.5) is 0 Å². The molecule has 0 fully saturated rings. The molecule has 0 aliphatic heterocycles. The Morgan fingerprint density at radius 3 is 2.96 bits per heavy atom. The lowest BCUT2D eigenvalue weighted by Gasteiger charge is -2.17. The van der Waals surface area contributed by atoms with E-state index in [1.807, 2.05) is 6.26 Å². The van der Waals surface area contributed by atoms with E-state index in [0.29, 0.717) is 31.8 Å². The number of carbonyl (C=O) groups is 2. The average molecular weight is 353 g/mol. The third-order valence-electron chi connectivity index (χ3n) is 3.38. The zero-order chi connectivity index (χ0) is 17.6. The number of thioether (sulfide) groups is 1. The highest BCUT2D eigenvalue weighted by Crippen LogP contribution is 2.05. The molecule has 0 amide bonds. The first-order valence-electron chi connectivity index (χ1n) is 8.30. The lowest BCUT2D eigenvalue weighted by Crippen LogP contribution is -2.39. The molecule has 1 rings (SSSR count). The monoisotopic (exact) mass is 353 g/mol. The van der Waals surface area contributed by atoms with Crippen LogP contribution in [0.3, 0.4) is 0 Å². The molecule has 5 nitrogen and oxygen atoms in total. The van der Waals surface area contributed by atoms with Gasteiger partial charge in [0.05, 0.1) is 12.9 Å². The van der Waals surface area contributed by atoms with Gasteiger partial charge in [-0.15, -0.1) is 0 Å². The summed E-state index contributed by atoms with van der Waals surface area (Å²) in [5.74, 6) is 1.28. The number of carbonyl (C=O) groups excluding carboxylic acids is 2. The molecule has 24 heavy (non-hydrogen) atoms. The van der Waals surface area contributed by atoms with Crippen molar-refractivity contribution in [3.05, 3.63) is 30.2 Å². The first-order valence-corrected chi connectivity index (χ1v) is 9.70. The summed E-state index contributed by atoms with van der Waals surface area (Å²) in [4.78, 5) is 23.9. The number of rotatable bonds is 13. The van der Waals surface area contributed by atoms with Crippen molar-refractivity contribution in [1.29, 1.82) is 0 Å². The number of allylic oxidation sites excluding steroid dienone is 1. The third-order valence-corrected chi connectivity index (χ3v) is 4.02. The molecular weight excluding hydrogens is 326 g/mol. The van der Waals surface area contributed by atoms with Crippen LogP contribution in [0.5, 0.6) is 0 Å². The maximum Gasteiger partial charge on any atom is 0.323 e. The highest BCUT2D eigenvalue weighted by atomic mass is 32.2. The number of nitrogens with one attached hydrogen (secondary N) is 1. The number of unbranched alkanes of at least 4 members (excludes halogenated alkanes) is 1.